The monoisotopic (exact) mass is 293 g/mol. The minimum absolute atomic E-state index is 0.0214. The summed E-state index contributed by atoms with van der Waals surface area (Å²) in [7, 11) is 0. The Bertz CT molecular complexity index is 567. The molecule has 1 fully saturated rings. The van der Waals surface area contributed by atoms with Crippen molar-refractivity contribution in [3.05, 3.63) is 11.3 Å². The Balaban J connectivity index is 1.83. The zero-order chi connectivity index (χ0) is 15.3. The molecule has 114 valence electrons. The molecule has 3 aliphatic heterocycles. The molecule has 3 N–H and O–H groups in total. The number of amidine groups is 1. The highest BCUT2D eigenvalue weighted by atomic mass is 16.4. The lowest BCUT2D eigenvalue weighted by Gasteiger charge is -2.44. The van der Waals surface area contributed by atoms with Gasteiger partial charge in [0.25, 0.3) is 0 Å². The third kappa shape index (κ3) is 2.12. The van der Waals surface area contributed by atoms with E-state index in [0.29, 0.717) is 19.4 Å². The van der Waals surface area contributed by atoms with Gasteiger partial charge in [0, 0.05) is 6.54 Å². The van der Waals surface area contributed by atoms with Crippen molar-refractivity contribution in [1.82, 2.24) is 10.2 Å². The number of rotatable bonds is 4. The van der Waals surface area contributed by atoms with Crippen LogP contribution in [0.25, 0.3) is 0 Å². The third-order valence-corrected chi connectivity index (χ3v) is 4.47. The van der Waals surface area contributed by atoms with Crippen LogP contribution in [-0.4, -0.2) is 57.6 Å². The van der Waals surface area contributed by atoms with Gasteiger partial charge >= 0.3 is 5.97 Å². The zero-order valence-electron chi connectivity index (χ0n) is 12.0. The molecule has 3 aliphatic rings. The first-order valence-electron chi connectivity index (χ1n) is 7.15. The quantitative estimate of drug-likeness (QED) is 0.619. The Kier molecular flexibility index (Phi) is 3.24. The number of carbonyl (C=O) groups excluding carboxylic acids is 1. The molecule has 0 saturated carbocycles. The number of aliphatic imine (C=N–C) groups is 1. The molecule has 4 atom stereocenters. The summed E-state index contributed by atoms with van der Waals surface area (Å²) in [5.41, 5.74) is 0.857. The van der Waals surface area contributed by atoms with Crippen LogP contribution in [0.2, 0.25) is 0 Å². The topological polar surface area (TPSA) is 102 Å². The van der Waals surface area contributed by atoms with Crippen molar-refractivity contribution in [1.29, 1.82) is 0 Å². The van der Waals surface area contributed by atoms with Crippen LogP contribution in [-0.2, 0) is 9.59 Å². The van der Waals surface area contributed by atoms with E-state index >= 15 is 0 Å². The van der Waals surface area contributed by atoms with Crippen molar-refractivity contribution in [2.45, 2.75) is 44.9 Å². The van der Waals surface area contributed by atoms with E-state index < -0.39 is 18.0 Å². The van der Waals surface area contributed by atoms with E-state index in [1.165, 1.54) is 4.90 Å². The molecule has 3 rings (SSSR count). The molecule has 0 radical (unpaired) electrons. The molecule has 1 amide bonds. The van der Waals surface area contributed by atoms with Crippen LogP contribution < -0.4 is 5.32 Å². The van der Waals surface area contributed by atoms with Gasteiger partial charge in [-0.2, -0.15) is 0 Å². The van der Waals surface area contributed by atoms with Gasteiger partial charge in [-0.15, -0.1) is 0 Å². The maximum atomic E-state index is 12.1. The number of aliphatic carboxylic acids is 1. The predicted molar refractivity (Wildman–Crippen MR) is 74.6 cm³/mol. The lowest BCUT2D eigenvalue weighted by molar-refractivity contribution is -0.161. The van der Waals surface area contributed by atoms with Crippen LogP contribution in [0.1, 0.15) is 26.7 Å². The van der Waals surface area contributed by atoms with E-state index in [-0.39, 0.29) is 23.7 Å². The van der Waals surface area contributed by atoms with E-state index in [1.54, 1.807) is 6.92 Å². The van der Waals surface area contributed by atoms with Crippen LogP contribution in [0, 0.1) is 5.92 Å². The van der Waals surface area contributed by atoms with Gasteiger partial charge < -0.3 is 20.4 Å². The van der Waals surface area contributed by atoms with E-state index in [9.17, 15) is 19.8 Å². The Morgan fingerprint density at radius 3 is 2.81 bits per heavy atom. The van der Waals surface area contributed by atoms with Crippen molar-refractivity contribution in [2.75, 3.05) is 6.54 Å². The van der Waals surface area contributed by atoms with Crippen LogP contribution in [0.3, 0.4) is 0 Å². The normalized spacial score (nSPS) is 32.5. The summed E-state index contributed by atoms with van der Waals surface area (Å²) >= 11 is 0. The SMILES string of the molecule is CC1=NC(CC2=C(C(=O)O)N3C(=O)[C@H]([C@@H](C)O)[C@H]3C2)CN1. The molecule has 0 aromatic rings. The Labute approximate surface area is 122 Å². The number of hydrogen-bond acceptors (Lipinski definition) is 5. The summed E-state index contributed by atoms with van der Waals surface area (Å²) in [5.74, 6) is -0.983. The Morgan fingerprint density at radius 1 is 1.57 bits per heavy atom. The molecule has 7 heteroatoms. The second-order valence-corrected chi connectivity index (χ2v) is 5.96. The standard InChI is InChI=1S/C14H19N3O4/c1-6(18)11-10-4-8(3-9-5-15-7(2)16-9)12(14(20)21)17(10)13(11)19/h6,9-11,18H,3-5H2,1-2H3,(H,15,16)(H,20,21)/t6-,9?,10-,11-/m1/s1. The molecular weight excluding hydrogens is 274 g/mol. The van der Waals surface area contributed by atoms with E-state index in [2.05, 4.69) is 10.3 Å². The number of aliphatic hydroxyl groups excluding tert-OH is 1. The smallest absolute Gasteiger partial charge is 0.352 e. The highest BCUT2D eigenvalue weighted by molar-refractivity contribution is 5.99. The average Bonchev–Trinajstić information content (AvgIpc) is 2.91. The van der Waals surface area contributed by atoms with Gasteiger partial charge in [0.2, 0.25) is 5.91 Å². The molecule has 0 aliphatic carbocycles. The lowest BCUT2D eigenvalue weighted by Crippen LogP contribution is -2.61. The first-order chi connectivity index (χ1) is 9.90. The molecule has 0 spiro atoms. The summed E-state index contributed by atoms with van der Waals surface area (Å²) < 4.78 is 0. The van der Waals surface area contributed by atoms with E-state index in [4.69, 9.17) is 0 Å². The number of carboxylic acids is 1. The van der Waals surface area contributed by atoms with Crippen molar-refractivity contribution >= 4 is 17.7 Å². The molecule has 1 unspecified atom stereocenters. The van der Waals surface area contributed by atoms with Crippen LogP contribution in [0.15, 0.2) is 16.3 Å². The number of aliphatic hydroxyl groups is 1. The summed E-state index contributed by atoms with van der Waals surface area (Å²) in [5, 5.41) is 22.2. The lowest BCUT2D eigenvalue weighted by atomic mass is 9.82. The molecule has 21 heavy (non-hydrogen) atoms. The minimum Gasteiger partial charge on any atom is -0.477 e. The summed E-state index contributed by atoms with van der Waals surface area (Å²) in [6.45, 7) is 4.15. The van der Waals surface area contributed by atoms with E-state index in [0.717, 1.165) is 11.4 Å². The maximum Gasteiger partial charge on any atom is 0.352 e. The molecule has 0 aromatic heterocycles. The maximum absolute atomic E-state index is 12.1. The van der Waals surface area contributed by atoms with Crippen LogP contribution in [0.4, 0.5) is 0 Å². The number of β-lactam (4-membered cyclic amide) rings is 1. The van der Waals surface area contributed by atoms with Crippen molar-refractivity contribution in [3.63, 3.8) is 0 Å². The highest BCUT2D eigenvalue weighted by Crippen LogP contribution is 2.45. The molecule has 7 nitrogen and oxygen atoms in total. The molecule has 1 saturated heterocycles. The molecule has 3 heterocycles. The van der Waals surface area contributed by atoms with Gasteiger partial charge in [-0.3, -0.25) is 9.79 Å². The van der Waals surface area contributed by atoms with Gasteiger partial charge in [0.15, 0.2) is 0 Å². The number of nitrogens with zero attached hydrogens (tertiary/aromatic N) is 2. The van der Waals surface area contributed by atoms with Gasteiger partial charge in [-0.05, 0) is 32.3 Å². The van der Waals surface area contributed by atoms with Crippen molar-refractivity contribution < 1.29 is 19.8 Å². The van der Waals surface area contributed by atoms with Crippen molar-refractivity contribution in [3.8, 4) is 0 Å². The van der Waals surface area contributed by atoms with Crippen LogP contribution >= 0.6 is 0 Å². The van der Waals surface area contributed by atoms with E-state index in [1.807, 2.05) is 6.92 Å². The number of fused-ring (bicyclic) bond motifs is 1. The first-order valence-corrected chi connectivity index (χ1v) is 7.15. The van der Waals surface area contributed by atoms with Gasteiger partial charge in [0.1, 0.15) is 5.70 Å². The first kappa shape index (κ1) is 14.1. The fourth-order valence-electron chi connectivity index (χ4n) is 3.58. The molecule has 0 aromatic carbocycles. The molecule has 0 bridgehead atoms. The number of nitrogens with one attached hydrogen (secondary N) is 1. The zero-order valence-corrected chi connectivity index (χ0v) is 12.0. The third-order valence-electron chi connectivity index (χ3n) is 4.47. The molecular formula is C14H19N3O4. The largest absolute Gasteiger partial charge is 0.477 e. The minimum atomic E-state index is -1.07. The number of amides is 1. The van der Waals surface area contributed by atoms with Crippen molar-refractivity contribution in [2.24, 2.45) is 10.9 Å². The fourth-order valence-corrected chi connectivity index (χ4v) is 3.58. The highest BCUT2D eigenvalue weighted by Gasteiger charge is 2.56. The summed E-state index contributed by atoms with van der Waals surface area (Å²) in [6, 6.07) is -0.189. The number of carboxylic acid groups (broad SMARTS) is 1. The fraction of sp³-hybridized carbons (Fsp3) is 0.643. The Morgan fingerprint density at radius 2 is 2.29 bits per heavy atom. The second kappa shape index (κ2) is 4.84. The van der Waals surface area contributed by atoms with Crippen LogP contribution in [0.5, 0.6) is 0 Å². The number of carbonyl (C=O) groups is 2. The number of hydrogen-bond donors (Lipinski definition) is 3. The average molecular weight is 293 g/mol. The predicted octanol–water partition coefficient (Wildman–Crippen LogP) is -0.283. The van der Waals surface area contributed by atoms with Gasteiger partial charge in [0.05, 0.1) is 29.9 Å². The van der Waals surface area contributed by atoms with Gasteiger partial charge in [-0.1, -0.05) is 0 Å². The second-order valence-electron chi connectivity index (χ2n) is 5.96. The summed E-state index contributed by atoms with van der Waals surface area (Å²) in [6.07, 6.45) is 0.314. The Hall–Kier alpha value is -1.89. The van der Waals surface area contributed by atoms with Gasteiger partial charge in [-0.25, -0.2) is 4.79 Å². The summed E-state index contributed by atoms with van der Waals surface area (Å²) in [4.78, 5) is 29.3.